The topological polar surface area (TPSA) is 75.2 Å². The van der Waals surface area contributed by atoms with E-state index in [1.165, 1.54) is 5.56 Å². The van der Waals surface area contributed by atoms with Crippen molar-refractivity contribution >= 4 is 16.7 Å². The number of nitrogens with zero attached hydrogens (tertiary/aromatic N) is 3. The Kier molecular flexibility index (Phi) is 4.98. The lowest BCUT2D eigenvalue weighted by molar-refractivity contribution is -0.300. The molecule has 0 saturated carbocycles. The highest BCUT2D eigenvalue weighted by Crippen LogP contribution is 2.35. The van der Waals surface area contributed by atoms with Gasteiger partial charge in [0.15, 0.2) is 5.65 Å². The van der Waals surface area contributed by atoms with Crippen LogP contribution in [0.4, 0.5) is 5.69 Å². The first-order valence-electron chi connectivity index (χ1n) is 8.81. The number of anilines is 1. The predicted molar refractivity (Wildman–Crippen MR) is 104 cm³/mol. The Morgan fingerprint density at radius 3 is 2.42 bits per heavy atom. The molecule has 2 N–H and O–H groups in total. The van der Waals surface area contributed by atoms with E-state index < -0.39 is 0 Å². The number of nitrogen functional groups attached to an aromatic ring is 1. The third-order valence-electron chi connectivity index (χ3n) is 4.20. The minimum absolute atomic E-state index is 0.218. The van der Waals surface area contributed by atoms with Crippen LogP contribution in [-0.4, -0.2) is 21.4 Å². The molecule has 0 atom stereocenters. The molecular weight excluding hydrogens is 328 g/mol. The second kappa shape index (κ2) is 7.05. The number of aromatic nitrogens is 3. The zero-order valence-electron chi connectivity index (χ0n) is 16.0. The molecular formula is C20H26N4O2. The second-order valence-corrected chi connectivity index (χ2v) is 7.36. The van der Waals surface area contributed by atoms with Crippen molar-refractivity contribution in [1.29, 1.82) is 0 Å². The van der Waals surface area contributed by atoms with Crippen LogP contribution < -0.4 is 5.73 Å². The smallest absolute Gasteiger partial charge is 0.161 e. The van der Waals surface area contributed by atoms with E-state index >= 15 is 0 Å². The molecule has 2 aromatic heterocycles. The molecule has 1 aromatic carbocycles. The van der Waals surface area contributed by atoms with E-state index in [0.717, 1.165) is 27.9 Å². The fraction of sp³-hybridized carbons (Fsp3) is 0.400. The lowest BCUT2D eigenvalue weighted by Crippen LogP contribution is -2.23. The third kappa shape index (κ3) is 3.43. The summed E-state index contributed by atoms with van der Waals surface area (Å²) in [6.45, 7) is 11.0. The van der Waals surface area contributed by atoms with E-state index in [2.05, 4.69) is 56.9 Å². The Labute approximate surface area is 153 Å². The van der Waals surface area contributed by atoms with Gasteiger partial charge in [-0.1, -0.05) is 29.8 Å². The van der Waals surface area contributed by atoms with Crippen molar-refractivity contribution in [1.82, 2.24) is 14.8 Å². The van der Waals surface area contributed by atoms with Crippen LogP contribution in [0, 0.1) is 6.92 Å². The summed E-state index contributed by atoms with van der Waals surface area (Å²) < 4.78 is 1.93. The largest absolute Gasteiger partial charge is 0.398 e. The van der Waals surface area contributed by atoms with E-state index in [1.54, 1.807) is 6.20 Å². The Morgan fingerprint density at radius 1 is 1.12 bits per heavy atom. The highest BCUT2D eigenvalue weighted by Gasteiger charge is 2.24. The maximum atomic E-state index is 6.50. The van der Waals surface area contributed by atoms with Crippen LogP contribution in [0.3, 0.4) is 0 Å². The monoisotopic (exact) mass is 354 g/mol. The van der Waals surface area contributed by atoms with Gasteiger partial charge in [-0.25, -0.2) is 19.4 Å². The first-order valence-corrected chi connectivity index (χ1v) is 8.81. The quantitative estimate of drug-likeness (QED) is 0.422. The molecule has 3 aromatic rings. The number of nitrogens with two attached hydrogens (primary N) is 1. The summed E-state index contributed by atoms with van der Waals surface area (Å²) in [5.74, 6) is 0. The van der Waals surface area contributed by atoms with Crippen molar-refractivity contribution in [2.45, 2.75) is 46.8 Å². The molecule has 6 nitrogen and oxygen atoms in total. The average molecular weight is 354 g/mol. The van der Waals surface area contributed by atoms with E-state index in [-0.39, 0.29) is 12.1 Å². The van der Waals surface area contributed by atoms with Crippen LogP contribution in [-0.2, 0) is 21.9 Å². The number of hydrogen-bond donors (Lipinski definition) is 1. The van der Waals surface area contributed by atoms with E-state index in [1.807, 2.05) is 11.6 Å². The van der Waals surface area contributed by atoms with Crippen LogP contribution in [0.15, 0.2) is 30.5 Å². The molecule has 6 heteroatoms. The molecule has 0 aliphatic carbocycles. The van der Waals surface area contributed by atoms with Gasteiger partial charge in [0.05, 0.1) is 23.2 Å². The normalized spacial score (nSPS) is 12.0. The molecule has 0 amide bonds. The summed E-state index contributed by atoms with van der Waals surface area (Å²) in [6, 6.07) is 8.27. The van der Waals surface area contributed by atoms with Crippen molar-refractivity contribution in [2.75, 3.05) is 12.3 Å². The van der Waals surface area contributed by atoms with Gasteiger partial charge in [-0.3, -0.25) is 0 Å². The minimum Gasteiger partial charge on any atom is -0.398 e. The summed E-state index contributed by atoms with van der Waals surface area (Å²) >= 11 is 0. The molecule has 0 saturated heterocycles. The molecule has 2 heterocycles. The summed E-state index contributed by atoms with van der Waals surface area (Å²) in [5, 5.41) is 5.71. The van der Waals surface area contributed by atoms with Gasteiger partial charge in [-0.2, -0.15) is 5.10 Å². The summed E-state index contributed by atoms with van der Waals surface area (Å²) in [4.78, 5) is 14.8. The first kappa shape index (κ1) is 18.4. The maximum absolute atomic E-state index is 6.50. The van der Waals surface area contributed by atoms with Crippen molar-refractivity contribution < 1.29 is 9.78 Å². The summed E-state index contributed by atoms with van der Waals surface area (Å²) in [6.07, 6.45) is 1.74. The lowest BCUT2D eigenvalue weighted by Gasteiger charge is -2.20. The summed E-state index contributed by atoms with van der Waals surface area (Å²) in [5.41, 5.74) is 11.5. The van der Waals surface area contributed by atoms with Crippen LogP contribution in [0.25, 0.3) is 22.3 Å². The fourth-order valence-electron chi connectivity index (χ4n) is 2.83. The van der Waals surface area contributed by atoms with E-state index in [4.69, 9.17) is 20.6 Å². The molecule has 0 unspecified atom stereocenters. The average Bonchev–Trinajstić information content (AvgIpc) is 2.98. The van der Waals surface area contributed by atoms with E-state index in [9.17, 15) is 0 Å². The molecule has 0 fully saturated rings. The van der Waals surface area contributed by atoms with E-state index in [0.29, 0.717) is 12.3 Å². The molecule has 26 heavy (non-hydrogen) atoms. The number of rotatable bonds is 5. The van der Waals surface area contributed by atoms with Gasteiger partial charge in [-0.05, 0) is 34.6 Å². The van der Waals surface area contributed by atoms with Gasteiger partial charge in [0, 0.05) is 17.3 Å². The lowest BCUT2D eigenvalue weighted by atomic mass is 10.0. The number of fused-ring (bicyclic) bond motifs is 1. The Morgan fingerprint density at radius 2 is 1.81 bits per heavy atom. The second-order valence-electron chi connectivity index (χ2n) is 7.36. The Balaban J connectivity index is 2.21. The van der Waals surface area contributed by atoms with Gasteiger partial charge in [-0.15, -0.1) is 0 Å². The number of hydrogen-bond acceptors (Lipinski definition) is 5. The van der Waals surface area contributed by atoms with Crippen LogP contribution >= 0.6 is 0 Å². The fourth-order valence-corrected chi connectivity index (χ4v) is 2.83. The molecule has 3 rings (SSSR count). The summed E-state index contributed by atoms with van der Waals surface area (Å²) in [7, 11) is 0. The van der Waals surface area contributed by atoms with Crippen LogP contribution in [0.5, 0.6) is 0 Å². The predicted octanol–water partition coefficient (Wildman–Crippen LogP) is 4.21. The Hall–Kier alpha value is -2.44. The highest BCUT2D eigenvalue weighted by atomic mass is 17.2. The standard InChI is InChI=1S/C20H26N4O2/c1-6-25-26-12-15-11-22-19-16(17(15)21)18(23-24(19)20(3,4)5)14-9-7-13(2)8-10-14/h7-11H,6,12H2,1-5H3,(H2,21,22). The van der Waals surface area contributed by atoms with Crippen LogP contribution in [0.1, 0.15) is 38.8 Å². The molecule has 0 aliphatic heterocycles. The molecule has 138 valence electrons. The van der Waals surface area contributed by atoms with Gasteiger partial charge in [0.1, 0.15) is 12.3 Å². The van der Waals surface area contributed by atoms with Gasteiger partial charge >= 0.3 is 0 Å². The molecule has 0 bridgehead atoms. The minimum atomic E-state index is -0.218. The molecule has 0 aliphatic rings. The van der Waals surface area contributed by atoms with Crippen LogP contribution in [0.2, 0.25) is 0 Å². The van der Waals surface area contributed by atoms with Crippen molar-refractivity contribution in [2.24, 2.45) is 0 Å². The third-order valence-corrected chi connectivity index (χ3v) is 4.20. The number of benzene rings is 1. The molecule has 0 spiro atoms. The van der Waals surface area contributed by atoms with Gasteiger partial charge in [0.25, 0.3) is 0 Å². The highest BCUT2D eigenvalue weighted by molar-refractivity contribution is 6.00. The number of pyridine rings is 1. The first-order chi connectivity index (χ1) is 12.3. The van der Waals surface area contributed by atoms with Crippen molar-refractivity contribution in [3.05, 3.63) is 41.6 Å². The van der Waals surface area contributed by atoms with Gasteiger partial charge < -0.3 is 5.73 Å². The maximum Gasteiger partial charge on any atom is 0.161 e. The SMILES string of the molecule is CCOOCc1cnc2c(c(-c3ccc(C)cc3)nn2C(C)(C)C)c1N. The molecule has 0 radical (unpaired) electrons. The Bertz CT molecular complexity index is 908. The van der Waals surface area contributed by atoms with Crippen molar-refractivity contribution in [3.8, 4) is 11.3 Å². The number of aryl methyl sites for hydroxylation is 1. The zero-order chi connectivity index (χ0) is 18.9. The zero-order valence-corrected chi connectivity index (χ0v) is 16.0. The van der Waals surface area contributed by atoms with Crippen molar-refractivity contribution in [3.63, 3.8) is 0 Å². The van der Waals surface area contributed by atoms with Gasteiger partial charge in [0.2, 0.25) is 0 Å².